The van der Waals surface area contributed by atoms with Crippen LogP contribution in [0.4, 0.5) is 5.69 Å². The van der Waals surface area contributed by atoms with Gasteiger partial charge >= 0.3 is 0 Å². The molecule has 0 radical (unpaired) electrons. The van der Waals surface area contributed by atoms with E-state index in [1.807, 2.05) is 6.07 Å². The molecule has 0 aliphatic carbocycles. The number of hydrogen-bond acceptors (Lipinski definition) is 4. The van der Waals surface area contributed by atoms with Crippen LogP contribution in [0.1, 0.15) is 6.42 Å². The zero-order chi connectivity index (χ0) is 18.4. The van der Waals surface area contributed by atoms with Crippen LogP contribution in [0.3, 0.4) is 0 Å². The third-order valence-electron chi connectivity index (χ3n) is 4.87. The second kappa shape index (κ2) is 9.65. The molecule has 1 aliphatic rings. The molecule has 0 N–H and O–H groups in total. The number of hydrogen-bond donors (Lipinski definition) is 0. The minimum absolute atomic E-state index is 0.795. The van der Waals surface area contributed by atoms with E-state index in [9.17, 15) is 0 Å². The number of piperazine rings is 1. The normalized spacial score (nSPS) is 16.0. The maximum absolute atomic E-state index is 6.28. The number of anilines is 1. The molecule has 3 nitrogen and oxygen atoms in total. The van der Waals surface area contributed by atoms with Gasteiger partial charge in [0.25, 0.3) is 0 Å². The highest BCUT2D eigenvalue weighted by Crippen LogP contribution is 2.36. The Balaban J connectivity index is 1.59. The summed E-state index contributed by atoms with van der Waals surface area (Å²) in [6, 6.07) is 16.7. The molecular formula is C21H28ClN3S. The molecule has 0 atom stereocenters. The summed E-state index contributed by atoms with van der Waals surface area (Å²) < 4.78 is 0. The summed E-state index contributed by atoms with van der Waals surface area (Å²) in [5.41, 5.74) is 1.21. The molecule has 26 heavy (non-hydrogen) atoms. The summed E-state index contributed by atoms with van der Waals surface area (Å²) in [6.45, 7) is 6.94. The van der Waals surface area contributed by atoms with Crippen molar-refractivity contribution in [3.05, 3.63) is 53.6 Å². The SMILES string of the molecule is CN1CCN(CCCN(C)c2cc(Cl)ccc2Sc2ccccc2)CC1. The summed E-state index contributed by atoms with van der Waals surface area (Å²) >= 11 is 8.08. The minimum Gasteiger partial charge on any atom is -0.374 e. The van der Waals surface area contributed by atoms with Crippen molar-refractivity contribution in [3.63, 3.8) is 0 Å². The second-order valence-corrected chi connectivity index (χ2v) is 8.50. The lowest BCUT2D eigenvalue weighted by atomic mass is 10.2. The lowest BCUT2D eigenvalue weighted by molar-refractivity contribution is 0.153. The molecule has 5 heteroatoms. The monoisotopic (exact) mass is 389 g/mol. The first-order valence-corrected chi connectivity index (χ1v) is 10.5. The quantitative estimate of drug-likeness (QED) is 0.686. The summed E-state index contributed by atoms with van der Waals surface area (Å²) in [5.74, 6) is 0. The number of likely N-dealkylation sites (N-methyl/N-ethyl adjacent to an activating group) is 1. The zero-order valence-corrected chi connectivity index (χ0v) is 17.3. The van der Waals surface area contributed by atoms with Gasteiger partial charge in [0, 0.05) is 54.6 Å². The van der Waals surface area contributed by atoms with E-state index in [1.165, 1.54) is 54.6 Å². The van der Waals surface area contributed by atoms with Crippen LogP contribution >= 0.6 is 23.4 Å². The predicted octanol–water partition coefficient (Wildman–Crippen LogP) is 4.56. The Kier molecular flexibility index (Phi) is 7.26. The molecule has 3 rings (SSSR count). The standard InChI is InChI=1S/C21H28ClN3S/c1-23-13-15-25(16-14-23)12-6-11-24(2)20-17-18(22)9-10-21(20)26-19-7-4-3-5-8-19/h3-5,7-10,17H,6,11-16H2,1-2H3. The van der Waals surface area contributed by atoms with Crippen molar-refractivity contribution in [2.24, 2.45) is 0 Å². The first-order valence-electron chi connectivity index (χ1n) is 9.26. The Labute approximate surface area is 166 Å². The zero-order valence-electron chi connectivity index (χ0n) is 15.7. The Morgan fingerprint density at radius 3 is 2.50 bits per heavy atom. The fourth-order valence-corrected chi connectivity index (χ4v) is 4.38. The summed E-state index contributed by atoms with van der Waals surface area (Å²) in [5, 5.41) is 0.795. The topological polar surface area (TPSA) is 9.72 Å². The van der Waals surface area contributed by atoms with Crippen LogP contribution in [0.25, 0.3) is 0 Å². The van der Waals surface area contributed by atoms with Gasteiger partial charge in [-0.2, -0.15) is 0 Å². The fraction of sp³-hybridized carbons (Fsp3) is 0.429. The van der Waals surface area contributed by atoms with Gasteiger partial charge in [0.1, 0.15) is 0 Å². The van der Waals surface area contributed by atoms with Crippen LogP contribution in [0.5, 0.6) is 0 Å². The van der Waals surface area contributed by atoms with Crippen molar-refractivity contribution in [2.45, 2.75) is 16.2 Å². The van der Waals surface area contributed by atoms with E-state index in [0.29, 0.717) is 0 Å². The van der Waals surface area contributed by atoms with Gasteiger partial charge in [-0.25, -0.2) is 0 Å². The highest BCUT2D eigenvalue weighted by Gasteiger charge is 2.14. The molecule has 0 bridgehead atoms. The van der Waals surface area contributed by atoms with Crippen LogP contribution in [0.2, 0.25) is 5.02 Å². The van der Waals surface area contributed by atoms with Gasteiger partial charge in [-0.3, -0.25) is 0 Å². The van der Waals surface area contributed by atoms with E-state index in [-0.39, 0.29) is 0 Å². The smallest absolute Gasteiger partial charge is 0.0520 e. The number of rotatable bonds is 7. The third kappa shape index (κ3) is 5.65. The lowest BCUT2D eigenvalue weighted by Gasteiger charge is -2.33. The molecule has 0 unspecified atom stereocenters. The highest BCUT2D eigenvalue weighted by molar-refractivity contribution is 7.99. The van der Waals surface area contributed by atoms with Gasteiger partial charge in [-0.05, 0) is 50.3 Å². The van der Waals surface area contributed by atoms with Gasteiger partial charge in [-0.1, -0.05) is 41.6 Å². The summed E-state index contributed by atoms with van der Waals surface area (Å²) in [6.07, 6.45) is 1.17. The van der Waals surface area contributed by atoms with Crippen molar-refractivity contribution in [3.8, 4) is 0 Å². The Morgan fingerprint density at radius 2 is 1.77 bits per heavy atom. The molecule has 1 heterocycles. The molecule has 1 aliphatic heterocycles. The molecule has 2 aromatic rings. The van der Waals surface area contributed by atoms with Gasteiger partial charge < -0.3 is 14.7 Å². The predicted molar refractivity (Wildman–Crippen MR) is 114 cm³/mol. The number of halogens is 1. The maximum atomic E-state index is 6.28. The summed E-state index contributed by atoms with van der Waals surface area (Å²) in [4.78, 5) is 9.82. The Morgan fingerprint density at radius 1 is 1.04 bits per heavy atom. The van der Waals surface area contributed by atoms with Crippen LogP contribution in [-0.4, -0.2) is 63.2 Å². The Bertz CT molecular complexity index is 687. The molecule has 140 valence electrons. The van der Waals surface area contributed by atoms with E-state index < -0.39 is 0 Å². The van der Waals surface area contributed by atoms with E-state index in [4.69, 9.17) is 11.6 Å². The van der Waals surface area contributed by atoms with E-state index in [0.717, 1.165) is 11.6 Å². The van der Waals surface area contributed by atoms with Gasteiger partial charge in [0.05, 0.1) is 5.69 Å². The van der Waals surface area contributed by atoms with E-state index in [2.05, 4.69) is 71.3 Å². The highest BCUT2D eigenvalue weighted by atomic mass is 35.5. The molecule has 0 spiro atoms. The first kappa shape index (κ1) is 19.6. The van der Waals surface area contributed by atoms with Crippen molar-refractivity contribution in [1.29, 1.82) is 0 Å². The Hall–Kier alpha value is -1.20. The van der Waals surface area contributed by atoms with Gasteiger partial charge in [0.15, 0.2) is 0 Å². The molecule has 0 saturated carbocycles. The van der Waals surface area contributed by atoms with Crippen molar-refractivity contribution < 1.29 is 0 Å². The summed E-state index contributed by atoms with van der Waals surface area (Å²) in [7, 11) is 4.38. The van der Waals surface area contributed by atoms with Gasteiger partial charge in [0.2, 0.25) is 0 Å². The van der Waals surface area contributed by atoms with E-state index >= 15 is 0 Å². The molecular weight excluding hydrogens is 362 g/mol. The average Bonchev–Trinajstić information content (AvgIpc) is 2.65. The molecule has 0 amide bonds. The third-order valence-corrected chi connectivity index (χ3v) is 6.18. The van der Waals surface area contributed by atoms with Crippen LogP contribution in [0.15, 0.2) is 58.3 Å². The molecule has 2 aromatic carbocycles. The molecule has 0 aromatic heterocycles. The van der Waals surface area contributed by atoms with Crippen LogP contribution in [-0.2, 0) is 0 Å². The van der Waals surface area contributed by atoms with E-state index in [1.54, 1.807) is 11.8 Å². The number of nitrogens with zero attached hydrogens (tertiary/aromatic N) is 3. The fourth-order valence-electron chi connectivity index (χ4n) is 3.21. The number of benzene rings is 2. The van der Waals surface area contributed by atoms with Gasteiger partial charge in [-0.15, -0.1) is 0 Å². The average molecular weight is 390 g/mol. The van der Waals surface area contributed by atoms with Crippen LogP contribution in [0, 0.1) is 0 Å². The lowest BCUT2D eigenvalue weighted by Crippen LogP contribution is -2.45. The maximum Gasteiger partial charge on any atom is 0.0520 e. The molecule has 1 saturated heterocycles. The first-order chi connectivity index (χ1) is 12.6. The van der Waals surface area contributed by atoms with Crippen LogP contribution < -0.4 is 4.90 Å². The van der Waals surface area contributed by atoms with Crippen molar-refractivity contribution in [2.75, 3.05) is 58.3 Å². The minimum atomic E-state index is 0.795. The second-order valence-electron chi connectivity index (χ2n) is 6.95. The molecule has 1 fully saturated rings. The van der Waals surface area contributed by atoms with Crippen molar-refractivity contribution >= 4 is 29.1 Å². The largest absolute Gasteiger partial charge is 0.374 e. The van der Waals surface area contributed by atoms with Crippen molar-refractivity contribution in [1.82, 2.24) is 9.80 Å².